The predicted molar refractivity (Wildman–Crippen MR) is 80.7 cm³/mol. The van der Waals surface area contributed by atoms with Gasteiger partial charge in [0.1, 0.15) is 23.9 Å². The molecular weight excluding hydrogens is 268 g/mol. The summed E-state index contributed by atoms with van der Waals surface area (Å²) in [5.74, 6) is 2.32. The van der Waals surface area contributed by atoms with Crippen molar-refractivity contribution in [2.24, 2.45) is 0 Å². The summed E-state index contributed by atoms with van der Waals surface area (Å²) < 4.78 is 10.5. The van der Waals surface area contributed by atoms with E-state index in [2.05, 4.69) is 9.97 Å². The molecular formula is C16H16N2O3. The summed E-state index contributed by atoms with van der Waals surface area (Å²) in [5.41, 5.74) is 2.80. The number of H-pyrrole nitrogens is 1. The molecule has 1 heterocycles. The van der Waals surface area contributed by atoms with Crippen LogP contribution in [-0.4, -0.2) is 35.4 Å². The Morgan fingerprint density at radius 3 is 2.57 bits per heavy atom. The van der Waals surface area contributed by atoms with Gasteiger partial charge in [0.05, 0.1) is 24.8 Å². The maximum absolute atomic E-state index is 8.73. The Labute approximate surface area is 122 Å². The van der Waals surface area contributed by atoms with Gasteiger partial charge in [0.15, 0.2) is 0 Å². The first-order valence-corrected chi connectivity index (χ1v) is 6.68. The molecule has 3 aromatic rings. The van der Waals surface area contributed by atoms with Crippen LogP contribution in [0.3, 0.4) is 0 Å². The van der Waals surface area contributed by atoms with Crippen LogP contribution in [0.5, 0.6) is 11.5 Å². The molecule has 0 amide bonds. The fourth-order valence-corrected chi connectivity index (χ4v) is 2.12. The van der Waals surface area contributed by atoms with Gasteiger partial charge in [-0.15, -0.1) is 0 Å². The second-order valence-electron chi connectivity index (χ2n) is 4.56. The first kappa shape index (κ1) is 13.5. The minimum absolute atomic E-state index is 0.00710. The van der Waals surface area contributed by atoms with Gasteiger partial charge in [-0.3, -0.25) is 0 Å². The number of nitrogens with one attached hydrogen (secondary N) is 1. The molecule has 1 aromatic heterocycles. The molecule has 0 aliphatic carbocycles. The molecule has 108 valence electrons. The van der Waals surface area contributed by atoms with Gasteiger partial charge in [-0.05, 0) is 36.4 Å². The van der Waals surface area contributed by atoms with Crippen LogP contribution in [0.15, 0.2) is 42.5 Å². The molecule has 2 N–H and O–H groups in total. The monoisotopic (exact) mass is 284 g/mol. The molecule has 0 saturated carbocycles. The van der Waals surface area contributed by atoms with Crippen molar-refractivity contribution >= 4 is 11.0 Å². The fourth-order valence-electron chi connectivity index (χ4n) is 2.12. The number of nitrogens with zero attached hydrogens (tertiary/aromatic N) is 1. The second-order valence-corrected chi connectivity index (χ2v) is 4.56. The van der Waals surface area contributed by atoms with E-state index in [0.717, 1.165) is 33.9 Å². The third-order valence-electron chi connectivity index (χ3n) is 3.18. The van der Waals surface area contributed by atoms with Crippen molar-refractivity contribution in [1.82, 2.24) is 9.97 Å². The average molecular weight is 284 g/mol. The fraction of sp³-hybridized carbons (Fsp3) is 0.188. The molecule has 0 saturated heterocycles. The van der Waals surface area contributed by atoms with Gasteiger partial charge >= 0.3 is 0 Å². The lowest BCUT2D eigenvalue weighted by molar-refractivity contribution is 0.201. The lowest BCUT2D eigenvalue weighted by Gasteiger charge is -2.04. The van der Waals surface area contributed by atoms with E-state index in [0.29, 0.717) is 6.61 Å². The summed E-state index contributed by atoms with van der Waals surface area (Å²) in [6, 6.07) is 13.3. The molecule has 5 heteroatoms. The van der Waals surface area contributed by atoms with E-state index >= 15 is 0 Å². The highest BCUT2D eigenvalue weighted by Gasteiger charge is 2.06. The predicted octanol–water partition coefficient (Wildman–Crippen LogP) is 2.61. The number of ether oxygens (including phenoxy) is 2. The van der Waals surface area contributed by atoms with Crippen LogP contribution in [0.1, 0.15) is 0 Å². The summed E-state index contributed by atoms with van der Waals surface area (Å²) in [6.07, 6.45) is 0. The summed E-state index contributed by atoms with van der Waals surface area (Å²) in [7, 11) is 1.64. The third kappa shape index (κ3) is 2.83. The lowest BCUT2D eigenvalue weighted by atomic mass is 10.2. The SMILES string of the molecule is COc1ccc2nc(-c3ccc(OCCO)cc3)[nH]c2c1. The van der Waals surface area contributed by atoms with Crippen LogP contribution >= 0.6 is 0 Å². The molecule has 2 aromatic carbocycles. The Balaban J connectivity index is 1.89. The Kier molecular flexibility index (Phi) is 3.75. The van der Waals surface area contributed by atoms with Crippen molar-refractivity contribution in [3.63, 3.8) is 0 Å². The number of benzene rings is 2. The van der Waals surface area contributed by atoms with E-state index in [4.69, 9.17) is 14.6 Å². The molecule has 0 aliphatic heterocycles. The molecule has 0 fully saturated rings. The number of hydrogen-bond donors (Lipinski definition) is 2. The maximum atomic E-state index is 8.73. The van der Waals surface area contributed by atoms with Crippen LogP contribution in [0.4, 0.5) is 0 Å². The summed E-state index contributed by atoms with van der Waals surface area (Å²) >= 11 is 0. The lowest BCUT2D eigenvalue weighted by Crippen LogP contribution is -2.01. The van der Waals surface area contributed by atoms with Crippen LogP contribution in [-0.2, 0) is 0 Å². The zero-order valence-corrected chi connectivity index (χ0v) is 11.7. The molecule has 3 rings (SSSR count). The van der Waals surface area contributed by atoms with E-state index in [9.17, 15) is 0 Å². The number of imidazole rings is 1. The van der Waals surface area contributed by atoms with Gasteiger partial charge in [0.2, 0.25) is 0 Å². The Morgan fingerprint density at radius 1 is 1.10 bits per heavy atom. The van der Waals surface area contributed by atoms with Crippen molar-refractivity contribution in [3.8, 4) is 22.9 Å². The number of hydrogen-bond acceptors (Lipinski definition) is 4. The van der Waals surface area contributed by atoms with Crippen molar-refractivity contribution in [2.45, 2.75) is 0 Å². The number of rotatable bonds is 5. The summed E-state index contributed by atoms with van der Waals surface area (Å²) in [6.45, 7) is 0.303. The van der Waals surface area contributed by atoms with Gasteiger partial charge in [0.25, 0.3) is 0 Å². The van der Waals surface area contributed by atoms with Crippen molar-refractivity contribution < 1.29 is 14.6 Å². The molecule has 0 atom stereocenters. The first-order chi connectivity index (χ1) is 10.3. The molecule has 21 heavy (non-hydrogen) atoms. The highest BCUT2D eigenvalue weighted by Crippen LogP contribution is 2.25. The van der Waals surface area contributed by atoms with Crippen LogP contribution in [0, 0.1) is 0 Å². The van der Waals surface area contributed by atoms with Gasteiger partial charge in [0, 0.05) is 11.6 Å². The van der Waals surface area contributed by atoms with Crippen LogP contribution in [0.2, 0.25) is 0 Å². The zero-order valence-electron chi connectivity index (χ0n) is 11.7. The van der Waals surface area contributed by atoms with E-state index in [1.54, 1.807) is 7.11 Å². The maximum Gasteiger partial charge on any atom is 0.138 e. The van der Waals surface area contributed by atoms with Gasteiger partial charge in [-0.2, -0.15) is 0 Å². The normalized spacial score (nSPS) is 10.8. The minimum Gasteiger partial charge on any atom is -0.497 e. The molecule has 0 bridgehead atoms. The standard InChI is InChI=1S/C16H16N2O3/c1-20-13-6-7-14-15(10-13)18-16(17-14)11-2-4-12(5-3-11)21-9-8-19/h2-7,10,19H,8-9H2,1H3,(H,17,18). The Morgan fingerprint density at radius 2 is 1.86 bits per heavy atom. The number of aromatic nitrogens is 2. The van der Waals surface area contributed by atoms with Gasteiger partial charge in [-0.1, -0.05) is 0 Å². The van der Waals surface area contributed by atoms with E-state index in [-0.39, 0.29) is 6.61 Å². The van der Waals surface area contributed by atoms with E-state index in [1.807, 2.05) is 42.5 Å². The van der Waals surface area contributed by atoms with Gasteiger partial charge in [-0.25, -0.2) is 4.98 Å². The number of fused-ring (bicyclic) bond motifs is 1. The average Bonchev–Trinajstić information content (AvgIpc) is 2.96. The van der Waals surface area contributed by atoms with Crippen LogP contribution in [0.25, 0.3) is 22.4 Å². The number of aromatic amines is 1. The number of methoxy groups -OCH3 is 1. The topological polar surface area (TPSA) is 67.4 Å². The molecule has 0 unspecified atom stereocenters. The van der Waals surface area contributed by atoms with Crippen molar-refractivity contribution in [2.75, 3.05) is 20.3 Å². The smallest absolute Gasteiger partial charge is 0.138 e. The molecule has 0 radical (unpaired) electrons. The second kappa shape index (κ2) is 5.85. The number of aliphatic hydroxyl groups is 1. The minimum atomic E-state index is 0.00710. The number of aliphatic hydroxyl groups excluding tert-OH is 1. The van der Waals surface area contributed by atoms with Crippen molar-refractivity contribution in [3.05, 3.63) is 42.5 Å². The summed E-state index contributed by atoms with van der Waals surface area (Å²) in [5, 5.41) is 8.73. The zero-order chi connectivity index (χ0) is 14.7. The Bertz CT molecular complexity index is 735. The summed E-state index contributed by atoms with van der Waals surface area (Å²) in [4.78, 5) is 7.84. The highest BCUT2D eigenvalue weighted by molar-refractivity contribution is 5.80. The van der Waals surface area contributed by atoms with Crippen molar-refractivity contribution in [1.29, 1.82) is 0 Å². The highest BCUT2D eigenvalue weighted by atomic mass is 16.5. The van der Waals surface area contributed by atoms with Crippen LogP contribution < -0.4 is 9.47 Å². The first-order valence-electron chi connectivity index (χ1n) is 6.68. The molecule has 5 nitrogen and oxygen atoms in total. The third-order valence-corrected chi connectivity index (χ3v) is 3.18. The van der Waals surface area contributed by atoms with Gasteiger partial charge < -0.3 is 19.6 Å². The largest absolute Gasteiger partial charge is 0.497 e. The quantitative estimate of drug-likeness (QED) is 0.755. The van der Waals surface area contributed by atoms with E-state index < -0.39 is 0 Å². The molecule has 0 spiro atoms. The van der Waals surface area contributed by atoms with E-state index in [1.165, 1.54) is 0 Å². The Hall–Kier alpha value is -2.53. The molecule has 0 aliphatic rings.